The van der Waals surface area contributed by atoms with Gasteiger partial charge in [-0.25, -0.2) is 24.9 Å². The van der Waals surface area contributed by atoms with Crippen LogP contribution < -0.4 is 0 Å². The standard InChI is InChI=1S/C59H38N6/c1-5-18-40(19-6-1)51-38-52(61-58(60-51)47-32-33-53-50(37-47)55-49-30-14-13-17-39(49)31-34-54(55)65(53)48-28-11-4-12-29-48)45-26-15-24-43(35-45)44-25-16-27-46(36-44)59-63-56(41-20-7-2-8-21-41)62-57(64-59)42-22-9-3-10-23-42/h1-38H. The van der Waals surface area contributed by atoms with E-state index >= 15 is 0 Å². The maximum Gasteiger partial charge on any atom is 0.164 e. The second-order valence-corrected chi connectivity index (χ2v) is 16.1. The van der Waals surface area contributed by atoms with E-state index in [1.54, 1.807) is 0 Å². The van der Waals surface area contributed by atoms with Crippen LogP contribution in [0.5, 0.6) is 0 Å². The lowest BCUT2D eigenvalue weighted by atomic mass is 9.99. The topological polar surface area (TPSA) is 69.4 Å². The van der Waals surface area contributed by atoms with Gasteiger partial charge in [0.05, 0.1) is 22.4 Å². The molecule has 0 radical (unpaired) electrons. The Balaban J connectivity index is 0.981. The van der Waals surface area contributed by atoms with Crippen molar-refractivity contribution < 1.29 is 0 Å². The lowest BCUT2D eigenvalue weighted by molar-refractivity contribution is 1.07. The Hall–Kier alpha value is -8.87. The Morgan fingerprint density at radius 3 is 1.38 bits per heavy atom. The van der Waals surface area contributed by atoms with E-state index < -0.39 is 0 Å². The van der Waals surface area contributed by atoms with Crippen molar-refractivity contribution in [2.45, 2.75) is 0 Å². The van der Waals surface area contributed by atoms with Crippen LogP contribution in [-0.2, 0) is 0 Å². The zero-order valence-corrected chi connectivity index (χ0v) is 35.1. The molecule has 0 bridgehead atoms. The molecule has 65 heavy (non-hydrogen) atoms. The maximum absolute atomic E-state index is 5.35. The molecule has 304 valence electrons. The van der Waals surface area contributed by atoms with Crippen LogP contribution in [0.2, 0.25) is 0 Å². The van der Waals surface area contributed by atoms with Crippen molar-refractivity contribution in [3.8, 4) is 84.9 Å². The van der Waals surface area contributed by atoms with Crippen molar-refractivity contribution in [3.05, 3.63) is 231 Å². The molecule has 0 aliphatic carbocycles. The number of hydrogen-bond acceptors (Lipinski definition) is 5. The minimum absolute atomic E-state index is 0.612. The largest absolute Gasteiger partial charge is 0.309 e. The molecule has 0 atom stereocenters. The molecule has 0 saturated carbocycles. The van der Waals surface area contributed by atoms with E-state index in [9.17, 15) is 0 Å². The Labute approximate surface area is 375 Å². The predicted molar refractivity (Wildman–Crippen MR) is 265 cm³/mol. The molecular formula is C59H38N6. The quantitative estimate of drug-likeness (QED) is 0.153. The minimum atomic E-state index is 0.612. The van der Waals surface area contributed by atoms with Crippen LogP contribution in [0.4, 0.5) is 0 Å². The number of rotatable bonds is 8. The molecule has 0 saturated heterocycles. The third-order valence-corrected chi connectivity index (χ3v) is 12.0. The monoisotopic (exact) mass is 830 g/mol. The average Bonchev–Trinajstić information content (AvgIpc) is 3.74. The van der Waals surface area contributed by atoms with Crippen LogP contribution in [0.15, 0.2) is 231 Å². The van der Waals surface area contributed by atoms with Gasteiger partial charge in [-0.2, -0.15) is 0 Å². The summed E-state index contributed by atoms with van der Waals surface area (Å²) in [6.07, 6.45) is 0. The van der Waals surface area contributed by atoms with Crippen molar-refractivity contribution >= 4 is 32.6 Å². The molecule has 3 aromatic heterocycles. The molecular weight excluding hydrogens is 793 g/mol. The normalized spacial score (nSPS) is 11.4. The third-order valence-electron chi connectivity index (χ3n) is 12.0. The third kappa shape index (κ3) is 7.09. The average molecular weight is 831 g/mol. The Morgan fingerprint density at radius 1 is 0.262 bits per heavy atom. The number of benzene rings is 9. The summed E-state index contributed by atoms with van der Waals surface area (Å²) in [6, 6.07) is 79.9. The molecule has 3 heterocycles. The fourth-order valence-electron chi connectivity index (χ4n) is 8.90. The van der Waals surface area contributed by atoms with Gasteiger partial charge in [-0.05, 0) is 76.5 Å². The molecule has 0 aliphatic rings. The van der Waals surface area contributed by atoms with E-state index in [4.69, 9.17) is 24.9 Å². The molecule has 0 spiro atoms. The smallest absolute Gasteiger partial charge is 0.164 e. The molecule has 0 unspecified atom stereocenters. The van der Waals surface area contributed by atoms with Crippen LogP contribution in [-0.4, -0.2) is 29.5 Å². The lowest BCUT2D eigenvalue weighted by Gasteiger charge is -2.12. The first kappa shape index (κ1) is 37.9. The zero-order chi connectivity index (χ0) is 43.1. The van der Waals surface area contributed by atoms with Crippen LogP contribution in [0.1, 0.15) is 0 Å². The number of fused-ring (bicyclic) bond motifs is 5. The van der Waals surface area contributed by atoms with Crippen molar-refractivity contribution in [1.82, 2.24) is 29.5 Å². The molecule has 12 rings (SSSR count). The second kappa shape index (κ2) is 16.1. The molecule has 12 aromatic rings. The van der Waals surface area contributed by atoms with E-state index in [2.05, 4.69) is 168 Å². The Kier molecular flexibility index (Phi) is 9.38. The second-order valence-electron chi connectivity index (χ2n) is 16.1. The molecule has 6 nitrogen and oxygen atoms in total. The summed E-state index contributed by atoms with van der Waals surface area (Å²) in [5, 5.41) is 4.78. The molecule has 0 amide bonds. The summed E-state index contributed by atoms with van der Waals surface area (Å²) in [5.41, 5.74) is 12.9. The Bertz CT molecular complexity index is 3640. The van der Waals surface area contributed by atoms with Crippen LogP contribution in [0, 0.1) is 0 Å². The summed E-state index contributed by atoms with van der Waals surface area (Å²) in [4.78, 5) is 25.5. The van der Waals surface area contributed by atoms with E-state index in [0.29, 0.717) is 23.3 Å². The minimum Gasteiger partial charge on any atom is -0.309 e. The van der Waals surface area contributed by atoms with Crippen molar-refractivity contribution in [2.24, 2.45) is 0 Å². The number of para-hydroxylation sites is 1. The highest BCUT2D eigenvalue weighted by atomic mass is 15.0. The van der Waals surface area contributed by atoms with Crippen LogP contribution in [0.25, 0.3) is 117 Å². The number of aromatic nitrogens is 6. The van der Waals surface area contributed by atoms with Gasteiger partial charge in [-0.1, -0.05) is 176 Å². The lowest BCUT2D eigenvalue weighted by Crippen LogP contribution is -2.00. The molecule has 0 aliphatic heterocycles. The van der Waals surface area contributed by atoms with Gasteiger partial charge in [0.15, 0.2) is 23.3 Å². The van der Waals surface area contributed by atoms with E-state index in [0.717, 1.165) is 78.0 Å². The predicted octanol–water partition coefficient (Wildman–Crippen LogP) is 14.6. The van der Waals surface area contributed by atoms with E-state index in [1.807, 2.05) is 66.7 Å². The molecule has 9 aromatic carbocycles. The molecule has 6 heteroatoms. The molecule has 0 N–H and O–H groups in total. The van der Waals surface area contributed by atoms with Crippen LogP contribution >= 0.6 is 0 Å². The summed E-state index contributed by atoms with van der Waals surface area (Å²) >= 11 is 0. The maximum atomic E-state index is 5.35. The summed E-state index contributed by atoms with van der Waals surface area (Å²) in [7, 11) is 0. The number of hydrogen-bond donors (Lipinski definition) is 0. The van der Waals surface area contributed by atoms with Gasteiger partial charge in [0.1, 0.15) is 0 Å². The Morgan fingerprint density at radius 2 is 0.723 bits per heavy atom. The van der Waals surface area contributed by atoms with Gasteiger partial charge in [-0.3, -0.25) is 0 Å². The fraction of sp³-hybridized carbons (Fsp3) is 0. The van der Waals surface area contributed by atoms with Crippen molar-refractivity contribution in [2.75, 3.05) is 0 Å². The highest BCUT2D eigenvalue weighted by Gasteiger charge is 2.19. The van der Waals surface area contributed by atoms with Crippen molar-refractivity contribution in [3.63, 3.8) is 0 Å². The van der Waals surface area contributed by atoms with Gasteiger partial charge in [0.2, 0.25) is 0 Å². The molecule has 0 fully saturated rings. The van der Waals surface area contributed by atoms with Crippen molar-refractivity contribution in [1.29, 1.82) is 0 Å². The summed E-state index contributed by atoms with van der Waals surface area (Å²) in [5.74, 6) is 2.53. The highest BCUT2D eigenvalue weighted by molar-refractivity contribution is 6.21. The summed E-state index contributed by atoms with van der Waals surface area (Å²) < 4.78 is 2.36. The SMILES string of the molecule is c1ccc(-c2cc(-c3cccc(-c4cccc(-c5nc(-c6ccccc6)nc(-c6ccccc6)n5)c4)c3)nc(-c3ccc4c(c3)c3c5ccccc5ccc3n4-c3ccccc3)n2)cc1. The van der Waals surface area contributed by atoms with Gasteiger partial charge in [0.25, 0.3) is 0 Å². The van der Waals surface area contributed by atoms with E-state index in [-0.39, 0.29) is 0 Å². The van der Waals surface area contributed by atoms with Crippen LogP contribution in [0.3, 0.4) is 0 Å². The first-order valence-corrected chi connectivity index (χ1v) is 21.7. The fourth-order valence-corrected chi connectivity index (χ4v) is 8.90. The first-order valence-electron chi connectivity index (χ1n) is 21.7. The zero-order valence-electron chi connectivity index (χ0n) is 35.1. The van der Waals surface area contributed by atoms with Gasteiger partial charge < -0.3 is 4.57 Å². The first-order chi connectivity index (χ1) is 32.2. The van der Waals surface area contributed by atoms with Gasteiger partial charge in [-0.15, -0.1) is 0 Å². The van der Waals surface area contributed by atoms with E-state index in [1.165, 1.54) is 16.2 Å². The van der Waals surface area contributed by atoms with Gasteiger partial charge in [0, 0.05) is 49.8 Å². The van der Waals surface area contributed by atoms with Gasteiger partial charge >= 0.3 is 0 Å². The number of nitrogens with zero attached hydrogens (tertiary/aromatic N) is 6. The highest BCUT2D eigenvalue weighted by Crippen LogP contribution is 2.39. The summed E-state index contributed by atoms with van der Waals surface area (Å²) in [6.45, 7) is 0.